The Hall–Kier alpha value is -1.23. The lowest BCUT2D eigenvalue weighted by molar-refractivity contribution is -0.207. The van der Waals surface area contributed by atoms with Crippen molar-refractivity contribution in [2.45, 2.75) is 26.1 Å². The molecule has 90 valence electrons. The number of rotatable bonds is 2. The fourth-order valence-corrected chi connectivity index (χ4v) is 1.62. The highest BCUT2D eigenvalue weighted by molar-refractivity contribution is 5.44. The number of aryl methyl sites for hydroxylation is 2. The van der Waals surface area contributed by atoms with Crippen LogP contribution in [0.3, 0.4) is 0 Å². The van der Waals surface area contributed by atoms with E-state index in [0.29, 0.717) is 5.56 Å². The summed E-state index contributed by atoms with van der Waals surface area (Å²) < 4.78 is 42.1. The van der Waals surface area contributed by atoms with Crippen LogP contribution in [0.2, 0.25) is 0 Å². The molecule has 16 heavy (non-hydrogen) atoms. The first-order valence-corrected chi connectivity index (χ1v) is 4.67. The summed E-state index contributed by atoms with van der Waals surface area (Å²) in [6.45, 7) is 3.26. The first kappa shape index (κ1) is 12.8. The highest BCUT2D eigenvalue weighted by Gasteiger charge is 2.41. The molecule has 1 rings (SSSR count). The van der Waals surface area contributed by atoms with E-state index in [2.05, 4.69) is 0 Å². The maximum absolute atomic E-state index is 12.4. The molecule has 1 N–H and O–H groups in total. The topological polar surface area (TPSA) is 29.5 Å². The fourth-order valence-electron chi connectivity index (χ4n) is 1.62. The van der Waals surface area contributed by atoms with E-state index in [-0.39, 0.29) is 11.3 Å². The Kier molecular flexibility index (Phi) is 3.48. The average molecular weight is 234 g/mol. The summed E-state index contributed by atoms with van der Waals surface area (Å²) in [5, 5.41) is 9.24. The molecule has 0 aliphatic carbocycles. The minimum absolute atomic E-state index is 0.0577. The van der Waals surface area contributed by atoms with Gasteiger partial charge in [-0.2, -0.15) is 13.2 Å². The molecule has 0 aromatic heterocycles. The van der Waals surface area contributed by atoms with E-state index in [9.17, 15) is 18.3 Å². The Balaban J connectivity index is 3.32. The van der Waals surface area contributed by atoms with E-state index in [0.717, 1.165) is 5.56 Å². The van der Waals surface area contributed by atoms with Crippen molar-refractivity contribution < 1.29 is 23.0 Å². The molecular weight excluding hydrogens is 221 g/mol. The summed E-state index contributed by atoms with van der Waals surface area (Å²) >= 11 is 0. The van der Waals surface area contributed by atoms with Gasteiger partial charge in [-0.1, -0.05) is 6.07 Å². The van der Waals surface area contributed by atoms with E-state index in [1.54, 1.807) is 13.0 Å². The third kappa shape index (κ3) is 2.47. The van der Waals surface area contributed by atoms with Crippen LogP contribution in [0.5, 0.6) is 5.75 Å². The zero-order chi connectivity index (χ0) is 12.5. The van der Waals surface area contributed by atoms with E-state index in [1.807, 2.05) is 0 Å². The van der Waals surface area contributed by atoms with Crippen LogP contribution in [0.25, 0.3) is 0 Å². The number of halogens is 3. The molecule has 0 spiro atoms. The van der Waals surface area contributed by atoms with E-state index in [1.165, 1.54) is 20.1 Å². The minimum Gasteiger partial charge on any atom is -0.496 e. The van der Waals surface area contributed by atoms with Gasteiger partial charge < -0.3 is 9.84 Å². The Morgan fingerprint density at radius 2 is 1.81 bits per heavy atom. The van der Waals surface area contributed by atoms with Crippen molar-refractivity contribution in [2.75, 3.05) is 7.11 Å². The number of aliphatic hydroxyl groups is 1. The quantitative estimate of drug-likeness (QED) is 0.852. The van der Waals surface area contributed by atoms with Gasteiger partial charge in [-0.25, -0.2) is 0 Å². The Morgan fingerprint density at radius 1 is 1.25 bits per heavy atom. The Bertz CT molecular complexity index is 386. The second kappa shape index (κ2) is 4.33. The smallest absolute Gasteiger partial charge is 0.418 e. The van der Waals surface area contributed by atoms with E-state index < -0.39 is 12.3 Å². The minimum atomic E-state index is -4.69. The number of alkyl halides is 3. The molecule has 1 aromatic rings. The number of benzene rings is 1. The highest BCUT2D eigenvalue weighted by Crippen LogP contribution is 2.39. The van der Waals surface area contributed by atoms with Crippen LogP contribution < -0.4 is 4.74 Å². The lowest BCUT2D eigenvalue weighted by atomic mass is 9.99. The molecule has 0 radical (unpaired) electrons. The molecule has 0 saturated heterocycles. The molecule has 5 heteroatoms. The fraction of sp³-hybridized carbons (Fsp3) is 0.455. The molecule has 0 fully saturated rings. The largest absolute Gasteiger partial charge is 0.496 e. The van der Waals surface area contributed by atoms with Gasteiger partial charge in [0.1, 0.15) is 5.75 Å². The van der Waals surface area contributed by atoms with Crippen LogP contribution in [0, 0.1) is 13.8 Å². The third-order valence-corrected chi connectivity index (χ3v) is 2.30. The van der Waals surface area contributed by atoms with Crippen molar-refractivity contribution in [3.8, 4) is 5.75 Å². The third-order valence-electron chi connectivity index (χ3n) is 2.30. The van der Waals surface area contributed by atoms with Crippen LogP contribution in [-0.2, 0) is 0 Å². The standard InChI is InChI=1S/C11H13F3O2/c1-6-4-7(2)9(8(5-6)16-3)10(15)11(12,13)14/h4-5,10,15H,1-3H3/t10-/m0/s1. The number of hydrogen-bond donors (Lipinski definition) is 1. The summed E-state index contributed by atoms with van der Waals surface area (Å²) in [4.78, 5) is 0. The van der Waals surface area contributed by atoms with Crippen LogP contribution in [0.4, 0.5) is 13.2 Å². The van der Waals surface area contributed by atoms with Gasteiger partial charge in [0.15, 0.2) is 6.10 Å². The lowest BCUT2D eigenvalue weighted by Gasteiger charge is -2.20. The normalized spacial score (nSPS) is 13.7. The maximum atomic E-state index is 12.4. The molecule has 1 atom stereocenters. The number of aliphatic hydroxyl groups excluding tert-OH is 1. The lowest BCUT2D eigenvalue weighted by Crippen LogP contribution is -2.21. The summed E-state index contributed by atoms with van der Waals surface area (Å²) in [7, 11) is 1.28. The van der Waals surface area contributed by atoms with Crippen molar-refractivity contribution >= 4 is 0 Å². The Labute approximate surface area is 91.7 Å². The number of ether oxygens (including phenoxy) is 1. The molecule has 0 unspecified atom stereocenters. The molecule has 2 nitrogen and oxygen atoms in total. The SMILES string of the molecule is COc1cc(C)cc(C)c1[C@H](O)C(F)(F)F. The van der Waals surface area contributed by atoms with Crippen molar-refractivity contribution in [1.29, 1.82) is 0 Å². The van der Waals surface area contributed by atoms with Crippen molar-refractivity contribution in [1.82, 2.24) is 0 Å². The molecular formula is C11H13F3O2. The molecule has 0 amide bonds. The van der Waals surface area contributed by atoms with Crippen molar-refractivity contribution in [2.24, 2.45) is 0 Å². The molecule has 0 heterocycles. The second-order valence-electron chi connectivity index (χ2n) is 3.64. The molecule has 0 saturated carbocycles. The summed E-state index contributed by atoms with van der Waals surface area (Å²) in [6, 6.07) is 3.05. The summed E-state index contributed by atoms with van der Waals surface area (Å²) in [5.41, 5.74) is 0.926. The van der Waals surface area contributed by atoms with Gasteiger partial charge in [0.2, 0.25) is 0 Å². The molecule has 0 bridgehead atoms. The molecule has 1 aromatic carbocycles. The van der Waals surface area contributed by atoms with Crippen LogP contribution in [0.15, 0.2) is 12.1 Å². The molecule has 0 aliphatic rings. The van der Waals surface area contributed by atoms with Crippen molar-refractivity contribution in [3.63, 3.8) is 0 Å². The molecule has 0 aliphatic heterocycles. The first-order chi connectivity index (χ1) is 7.27. The summed E-state index contributed by atoms with van der Waals surface area (Å²) in [5.74, 6) is 0.0577. The maximum Gasteiger partial charge on any atom is 0.418 e. The second-order valence-corrected chi connectivity index (χ2v) is 3.64. The Morgan fingerprint density at radius 3 is 2.25 bits per heavy atom. The summed E-state index contributed by atoms with van der Waals surface area (Å²) in [6.07, 6.45) is -7.20. The van der Waals surface area contributed by atoms with E-state index >= 15 is 0 Å². The van der Waals surface area contributed by atoms with Gasteiger partial charge >= 0.3 is 6.18 Å². The predicted octanol–water partition coefficient (Wildman–Crippen LogP) is 2.91. The first-order valence-electron chi connectivity index (χ1n) is 4.67. The van der Waals surface area contributed by atoms with E-state index in [4.69, 9.17) is 4.74 Å². The van der Waals surface area contributed by atoms with Crippen molar-refractivity contribution in [3.05, 3.63) is 28.8 Å². The zero-order valence-corrected chi connectivity index (χ0v) is 9.22. The van der Waals surface area contributed by atoms with Crippen LogP contribution in [-0.4, -0.2) is 18.4 Å². The predicted molar refractivity (Wildman–Crippen MR) is 53.5 cm³/mol. The number of methoxy groups -OCH3 is 1. The monoisotopic (exact) mass is 234 g/mol. The van der Waals surface area contributed by atoms with Gasteiger partial charge in [-0.3, -0.25) is 0 Å². The van der Waals surface area contributed by atoms with Crippen LogP contribution in [0.1, 0.15) is 22.8 Å². The number of hydrogen-bond acceptors (Lipinski definition) is 2. The van der Waals surface area contributed by atoms with Gasteiger partial charge in [-0.05, 0) is 31.0 Å². The van der Waals surface area contributed by atoms with Gasteiger partial charge in [0, 0.05) is 5.56 Å². The highest BCUT2D eigenvalue weighted by atomic mass is 19.4. The van der Waals surface area contributed by atoms with Gasteiger partial charge in [0.25, 0.3) is 0 Å². The zero-order valence-electron chi connectivity index (χ0n) is 9.22. The van der Waals surface area contributed by atoms with Crippen LogP contribution >= 0.6 is 0 Å². The van der Waals surface area contributed by atoms with Gasteiger partial charge in [0.05, 0.1) is 7.11 Å². The average Bonchev–Trinajstić information content (AvgIpc) is 2.14. The van der Waals surface area contributed by atoms with Gasteiger partial charge in [-0.15, -0.1) is 0 Å².